The van der Waals surface area contributed by atoms with Crippen LogP contribution < -0.4 is 0 Å². The second kappa shape index (κ2) is 8.89. The average Bonchev–Trinajstić information content (AvgIpc) is 2.36. The number of hydrogen-bond donors (Lipinski definition) is 0. The SMILES string of the molecule is CC(C)(C)OC=O.CON(C)C(=O)C1CN(C)CCO1. The van der Waals surface area contributed by atoms with E-state index in [9.17, 15) is 9.59 Å². The monoisotopic (exact) mass is 290 g/mol. The zero-order chi connectivity index (χ0) is 15.8. The van der Waals surface area contributed by atoms with Gasteiger partial charge >= 0.3 is 0 Å². The first kappa shape index (κ1) is 18.8. The molecule has 0 aliphatic carbocycles. The van der Waals surface area contributed by atoms with Gasteiger partial charge in [0.2, 0.25) is 0 Å². The van der Waals surface area contributed by atoms with Crippen LogP contribution in [0, 0.1) is 0 Å². The van der Waals surface area contributed by atoms with Crippen molar-refractivity contribution in [3.05, 3.63) is 0 Å². The average molecular weight is 290 g/mol. The van der Waals surface area contributed by atoms with Crippen LogP contribution in [0.25, 0.3) is 0 Å². The van der Waals surface area contributed by atoms with Crippen molar-refractivity contribution in [1.29, 1.82) is 0 Å². The highest BCUT2D eigenvalue weighted by molar-refractivity contribution is 5.80. The van der Waals surface area contributed by atoms with Gasteiger partial charge in [0, 0.05) is 20.1 Å². The van der Waals surface area contributed by atoms with Crippen LogP contribution in [-0.4, -0.2) is 74.9 Å². The van der Waals surface area contributed by atoms with E-state index in [1.54, 1.807) is 7.05 Å². The second-order valence-electron chi connectivity index (χ2n) is 5.47. The third-order valence-corrected chi connectivity index (χ3v) is 2.53. The van der Waals surface area contributed by atoms with Crippen LogP contribution in [0.5, 0.6) is 0 Å². The lowest BCUT2D eigenvalue weighted by Crippen LogP contribution is -2.48. The molecule has 1 heterocycles. The molecule has 0 spiro atoms. The van der Waals surface area contributed by atoms with Crippen LogP contribution in [0.4, 0.5) is 0 Å². The lowest BCUT2D eigenvalue weighted by molar-refractivity contribution is -0.184. The summed E-state index contributed by atoms with van der Waals surface area (Å²) in [6.07, 6.45) is -0.385. The Morgan fingerprint density at radius 2 is 2.05 bits per heavy atom. The summed E-state index contributed by atoms with van der Waals surface area (Å²) in [5.74, 6) is -0.131. The minimum absolute atomic E-state index is 0.131. The number of nitrogens with zero attached hydrogens (tertiary/aromatic N) is 2. The van der Waals surface area contributed by atoms with Crippen LogP contribution in [0.1, 0.15) is 20.8 Å². The molecule has 1 unspecified atom stereocenters. The smallest absolute Gasteiger partial charge is 0.293 e. The summed E-state index contributed by atoms with van der Waals surface area (Å²) >= 11 is 0. The van der Waals surface area contributed by atoms with Crippen LogP contribution in [0.2, 0.25) is 0 Å². The van der Waals surface area contributed by atoms with Crippen molar-refractivity contribution in [2.45, 2.75) is 32.5 Å². The second-order valence-corrected chi connectivity index (χ2v) is 5.47. The Balaban J connectivity index is 0.000000441. The molecule has 1 amide bonds. The highest BCUT2D eigenvalue weighted by atomic mass is 16.7. The van der Waals surface area contributed by atoms with Crippen molar-refractivity contribution in [3.63, 3.8) is 0 Å². The standard InChI is InChI=1S/C8H16N2O3.C5H10O2/c1-9-4-5-13-7(6-9)8(11)10(2)12-3;1-5(2,3)7-4-6/h7H,4-6H2,1-3H3;4H,1-3H3. The van der Waals surface area contributed by atoms with E-state index < -0.39 is 0 Å². The van der Waals surface area contributed by atoms with E-state index in [-0.39, 0.29) is 17.6 Å². The van der Waals surface area contributed by atoms with Gasteiger partial charge < -0.3 is 14.4 Å². The first-order valence-electron chi connectivity index (χ1n) is 6.44. The lowest BCUT2D eigenvalue weighted by Gasteiger charge is -2.30. The van der Waals surface area contributed by atoms with Crippen molar-refractivity contribution in [1.82, 2.24) is 9.96 Å². The Bertz CT molecular complexity index is 304. The highest BCUT2D eigenvalue weighted by Gasteiger charge is 2.27. The van der Waals surface area contributed by atoms with Gasteiger partial charge in [0.15, 0.2) is 6.10 Å². The fourth-order valence-electron chi connectivity index (χ4n) is 1.36. The van der Waals surface area contributed by atoms with Crippen LogP contribution in [-0.2, 0) is 23.9 Å². The molecule has 20 heavy (non-hydrogen) atoms. The third kappa shape index (κ3) is 8.08. The number of ether oxygens (including phenoxy) is 2. The number of carbonyl (C=O) groups is 2. The molecule has 1 fully saturated rings. The molecule has 1 atom stereocenters. The predicted molar refractivity (Wildman–Crippen MR) is 73.9 cm³/mol. The van der Waals surface area contributed by atoms with Crippen LogP contribution in [0.15, 0.2) is 0 Å². The maximum Gasteiger partial charge on any atom is 0.293 e. The number of likely N-dealkylation sites (N-methyl/N-ethyl adjacent to an activating group) is 2. The fourth-order valence-corrected chi connectivity index (χ4v) is 1.36. The highest BCUT2D eigenvalue weighted by Crippen LogP contribution is 2.05. The van der Waals surface area contributed by atoms with Gasteiger partial charge in [0.25, 0.3) is 12.4 Å². The Morgan fingerprint density at radius 1 is 1.45 bits per heavy atom. The summed E-state index contributed by atoms with van der Waals surface area (Å²) in [5, 5.41) is 1.20. The Hall–Kier alpha value is -1.18. The summed E-state index contributed by atoms with van der Waals surface area (Å²) in [5.41, 5.74) is -0.318. The molecule has 0 N–H and O–H groups in total. The molecule has 0 aromatic rings. The van der Waals surface area contributed by atoms with Crippen molar-refractivity contribution in [2.75, 3.05) is 40.9 Å². The molecule has 7 heteroatoms. The number of amides is 1. The van der Waals surface area contributed by atoms with Crippen LogP contribution in [0.3, 0.4) is 0 Å². The number of hydroxylamine groups is 2. The first-order chi connectivity index (χ1) is 9.21. The van der Waals surface area contributed by atoms with E-state index in [1.165, 1.54) is 12.2 Å². The topological polar surface area (TPSA) is 68.3 Å². The predicted octanol–water partition coefficient (Wildman–Crippen LogP) is 0.295. The molecule has 118 valence electrons. The molecule has 0 saturated carbocycles. The first-order valence-corrected chi connectivity index (χ1v) is 6.44. The Kier molecular flexibility index (Phi) is 8.36. The summed E-state index contributed by atoms with van der Waals surface area (Å²) in [6, 6.07) is 0. The number of morpholine rings is 1. The lowest BCUT2D eigenvalue weighted by atomic mass is 10.2. The largest absolute Gasteiger partial charge is 0.462 e. The van der Waals surface area contributed by atoms with Crippen molar-refractivity contribution < 1.29 is 23.9 Å². The molecule has 0 aromatic heterocycles. The fraction of sp³-hybridized carbons (Fsp3) is 0.846. The van der Waals surface area contributed by atoms with E-state index in [0.717, 1.165) is 6.54 Å². The number of carbonyl (C=O) groups excluding carboxylic acids is 2. The molecule has 1 aliphatic rings. The minimum Gasteiger partial charge on any atom is -0.462 e. The molecule has 0 radical (unpaired) electrons. The summed E-state index contributed by atoms with van der Waals surface area (Å²) in [6.45, 7) is 8.03. The molecule has 1 rings (SSSR count). The van der Waals surface area contributed by atoms with Gasteiger partial charge in [-0.2, -0.15) is 0 Å². The molecule has 1 saturated heterocycles. The van der Waals surface area contributed by atoms with E-state index in [2.05, 4.69) is 9.64 Å². The molecule has 7 nitrogen and oxygen atoms in total. The Labute approximate surface area is 120 Å². The summed E-state index contributed by atoms with van der Waals surface area (Å²) in [4.78, 5) is 28.0. The zero-order valence-corrected chi connectivity index (χ0v) is 13.2. The van der Waals surface area contributed by atoms with E-state index in [0.29, 0.717) is 19.6 Å². The quantitative estimate of drug-likeness (QED) is 0.550. The van der Waals surface area contributed by atoms with Gasteiger partial charge in [-0.3, -0.25) is 14.4 Å². The molecule has 1 aliphatic heterocycles. The van der Waals surface area contributed by atoms with Crippen LogP contribution >= 0.6 is 0 Å². The van der Waals surface area contributed by atoms with E-state index >= 15 is 0 Å². The maximum atomic E-state index is 11.5. The normalized spacial score (nSPS) is 19.6. The summed E-state index contributed by atoms with van der Waals surface area (Å²) in [7, 11) is 5.01. The molecule has 0 aromatic carbocycles. The van der Waals surface area contributed by atoms with Gasteiger partial charge in [-0.25, -0.2) is 5.06 Å². The molecular weight excluding hydrogens is 264 g/mol. The van der Waals surface area contributed by atoms with E-state index in [4.69, 9.17) is 9.57 Å². The van der Waals surface area contributed by atoms with Crippen molar-refractivity contribution in [2.24, 2.45) is 0 Å². The van der Waals surface area contributed by atoms with Crippen molar-refractivity contribution >= 4 is 12.4 Å². The van der Waals surface area contributed by atoms with Gasteiger partial charge in [0.1, 0.15) is 5.60 Å². The number of rotatable bonds is 3. The molecule has 0 bridgehead atoms. The third-order valence-electron chi connectivity index (χ3n) is 2.53. The van der Waals surface area contributed by atoms with E-state index in [1.807, 2.05) is 27.8 Å². The zero-order valence-electron chi connectivity index (χ0n) is 13.2. The maximum absolute atomic E-state index is 11.5. The van der Waals surface area contributed by atoms with Gasteiger partial charge in [-0.15, -0.1) is 0 Å². The van der Waals surface area contributed by atoms with Crippen molar-refractivity contribution in [3.8, 4) is 0 Å². The number of hydrogen-bond acceptors (Lipinski definition) is 6. The summed E-state index contributed by atoms with van der Waals surface area (Å²) < 4.78 is 9.87. The minimum atomic E-state index is -0.385. The molecular formula is C13H26N2O5. The van der Waals surface area contributed by atoms with Gasteiger partial charge in [-0.05, 0) is 27.8 Å². The van der Waals surface area contributed by atoms with Gasteiger partial charge in [-0.1, -0.05) is 0 Å². The Morgan fingerprint density at radius 3 is 2.40 bits per heavy atom. The van der Waals surface area contributed by atoms with Gasteiger partial charge in [0.05, 0.1) is 13.7 Å².